The number of hydrogen-bond acceptors (Lipinski definition) is 4. The molecule has 0 aliphatic rings. The van der Waals surface area contributed by atoms with E-state index in [4.69, 9.17) is 4.74 Å². The number of anilines is 1. The standard InChI is InChI=1S/C15H13FN2O4/c1-10(15(19)17-14-8-3-2-7-13(14)16)22-12-6-4-5-11(9-12)18(20)21/h2-10H,1H3,(H,17,19)/t10-/m0/s1. The minimum Gasteiger partial charge on any atom is -0.481 e. The van der Waals surface area contributed by atoms with Crippen molar-refractivity contribution < 1.29 is 18.8 Å². The van der Waals surface area contributed by atoms with Crippen LogP contribution in [0.25, 0.3) is 0 Å². The van der Waals surface area contributed by atoms with Gasteiger partial charge in [-0.25, -0.2) is 4.39 Å². The molecule has 0 unspecified atom stereocenters. The van der Waals surface area contributed by atoms with E-state index in [0.717, 1.165) is 0 Å². The van der Waals surface area contributed by atoms with Crippen molar-refractivity contribution in [2.45, 2.75) is 13.0 Å². The Bertz CT molecular complexity index is 705. The fraction of sp³-hybridized carbons (Fsp3) is 0.133. The summed E-state index contributed by atoms with van der Waals surface area (Å²) in [6.45, 7) is 1.47. The van der Waals surface area contributed by atoms with E-state index in [2.05, 4.69) is 5.32 Å². The Morgan fingerprint density at radius 2 is 2.00 bits per heavy atom. The number of hydrogen-bond donors (Lipinski definition) is 1. The molecule has 0 aliphatic carbocycles. The quantitative estimate of drug-likeness (QED) is 0.679. The number of nitro benzene ring substituents is 1. The highest BCUT2D eigenvalue weighted by atomic mass is 19.1. The molecule has 2 aromatic rings. The van der Waals surface area contributed by atoms with Crippen molar-refractivity contribution in [2.75, 3.05) is 5.32 Å². The topological polar surface area (TPSA) is 81.5 Å². The van der Waals surface area contributed by atoms with Gasteiger partial charge in [0, 0.05) is 6.07 Å². The molecule has 7 heteroatoms. The lowest BCUT2D eigenvalue weighted by Gasteiger charge is -2.14. The van der Waals surface area contributed by atoms with Crippen molar-refractivity contribution in [2.24, 2.45) is 0 Å². The van der Waals surface area contributed by atoms with Gasteiger partial charge in [0.2, 0.25) is 0 Å². The van der Waals surface area contributed by atoms with Crippen LogP contribution in [0.2, 0.25) is 0 Å². The third kappa shape index (κ3) is 3.78. The average Bonchev–Trinajstić information content (AvgIpc) is 2.49. The molecular formula is C15H13FN2O4. The van der Waals surface area contributed by atoms with E-state index >= 15 is 0 Å². The van der Waals surface area contributed by atoms with Crippen molar-refractivity contribution in [3.05, 3.63) is 64.5 Å². The molecule has 0 saturated heterocycles. The van der Waals surface area contributed by atoms with Crippen LogP contribution in [0.3, 0.4) is 0 Å². The summed E-state index contributed by atoms with van der Waals surface area (Å²) in [5.41, 5.74) is -0.0961. The predicted molar refractivity (Wildman–Crippen MR) is 78.2 cm³/mol. The van der Waals surface area contributed by atoms with Gasteiger partial charge in [-0.05, 0) is 25.1 Å². The van der Waals surface area contributed by atoms with E-state index in [9.17, 15) is 19.3 Å². The first-order valence-corrected chi connectivity index (χ1v) is 6.44. The molecule has 0 radical (unpaired) electrons. The molecule has 6 nitrogen and oxygen atoms in total. The zero-order valence-electron chi connectivity index (χ0n) is 11.7. The van der Waals surface area contributed by atoms with Gasteiger partial charge in [0.05, 0.1) is 16.7 Å². The lowest BCUT2D eigenvalue weighted by atomic mass is 10.2. The zero-order chi connectivity index (χ0) is 16.1. The Morgan fingerprint density at radius 3 is 2.68 bits per heavy atom. The molecule has 0 heterocycles. The smallest absolute Gasteiger partial charge is 0.273 e. The van der Waals surface area contributed by atoms with Crippen LogP contribution in [0, 0.1) is 15.9 Å². The maximum Gasteiger partial charge on any atom is 0.273 e. The third-order valence-electron chi connectivity index (χ3n) is 2.84. The van der Waals surface area contributed by atoms with Gasteiger partial charge in [-0.3, -0.25) is 14.9 Å². The van der Waals surface area contributed by atoms with Crippen molar-refractivity contribution in [3.8, 4) is 5.75 Å². The fourth-order valence-corrected chi connectivity index (χ4v) is 1.72. The first-order valence-electron chi connectivity index (χ1n) is 6.44. The third-order valence-corrected chi connectivity index (χ3v) is 2.84. The van der Waals surface area contributed by atoms with Crippen LogP contribution in [0.4, 0.5) is 15.8 Å². The normalized spacial score (nSPS) is 11.5. The minimum atomic E-state index is -0.943. The molecule has 2 aromatic carbocycles. The second-order valence-corrected chi connectivity index (χ2v) is 4.48. The number of non-ortho nitro benzene ring substituents is 1. The minimum absolute atomic E-state index is 0.0435. The summed E-state index contributed by atoms with van der Waals surface area (Å²) in [5, 5.41) is 13.1. The van der Waals surface area contributed by atoms with Crippen LogP contribution in [0.5, 0.6) is 5.75 Å². The molecule has 0 fully saturated rings. The number of amides is 1. The summed E-state index contributed by atoms with van der Waals surface area (Å²) in [7, 11) is 0. The number of nitrogens with one attached hydrogen (secondary N) is 1. The lowest BCUT2D eigenvalue weighted by molar-refractivity contribution is -0.384. The maximum absolute atomic E-state index is 13.5. The van der Waals surface area contributed by atoms with Crippen molar-refractivity contribution in [1.29, 1.82) is 0 Å². The van der Waals surface area contributed by atoms with Gasteiger partial charge in [0.15, 0.2) is 6.10 Å². The first kappa shape index (κ1) is 15.4. The molecule has 0 spiro atoms. The molecule has 1 atom stereocenters. The number of para-hydroxylation sites is 1. The van der Waals surface area contributed by atoms with Crippen molar-refractivity contribution in [1.82, 2.24) is 0 Å². The lowest BCUT2D eigenvalue weighted by Crippen LogP contribution is -2.30. The number of carbonyl (C=O) groups is 1. The van der Waals surface area contributed by atoms with Gasteiger partial charge in [0.1, 0.15) is 11.6 Å². The van der Waals surface area contributed by atoms with Gasteiger partial charge in [0.25, 0.3) is 11.6 Å². The van der Waals surface area contributed by atoms with E-state index in [1.165, 1.54) is 49.4 Å². The highest BCUT2D eigenvalue weighted by molar-refractivity contribution is 5.94. The van der Waals surface area contributed by atoms with Crippen LogP contribution in [0.15, 0.2) is 48.5 Å². The summed E-state index contributed by atoms with van der Waals surface area (Å²) in [6.07, 6.45) is -0.943. The molecule has 22 heavy (non-hydrogen) atoms. The molecule has 0 saturated carbocycles. The highest BCUT2D eigenvalue weighted by Crippen LogP contribution is 2.20. The van der Waals surface area contributed by atoms with E-state index in [1.54, 1.807) is 6.07 Å². The van der Waals surface area contributed by atoms with E-state index < -0.39 is 22.8 Å². The van der Waals surface area contributed by atoms with Crippen LogP contribution in [-0.4, -0.2) is 16.9 Å². The Morgan fingerprint density at radius 1 is 1.27 bits per heavy atom. The number of ether oxygens (including phenoxy) is 1. The SMILES string of the molecule is C[C@H](Oc1cccc([N+](=O)[O-])c1)C(=O)Nc1ccccc1F. The number of halogens is 1. The average molecular weight is 304 g/mol. The van der Waals surface area contributed by atoms with Gasteiger partial charge in [-0.1, -0.05) is 18.2 Å². The van der Waals surface area contributed by atoms with Crippen LogP contribution >= 0.6 is 0 Å². The van der Waals surface area contributed by atoms with Crippen LogP contribution in [0.1, 0.15) is 6.92 Å². The molecular weight excluding hydrogens is 291 g/mol. The fourth-order valence-electron chi connectivity index (χ4n) is 1.72. The molecule has 114 valence electrons. The largest absolute Gasteiger partial charge is 0.481 e. The highest BCUT2D eigenvalue weighted by Gasteiger charge is 2.17. The number of nitrogens with zero attached hydrogens (tertiary/aromatic N) is 1. The second kappa shape index (κ2) is 6.66. The summed E-state index contributed by atoms with van der Waals surface area (Å²) in [4.78, 5) is 22.1. The molecule has 2 rings (SSSR count). The Labute approximate surface area is 125 Å². The monoisotopic (exact) mass is 304 g/mol. The Hall–Kier alpha value is -2.96. The van der Waals surface area contributed by atoms with Gasteiger partial charge in [-0.15, -0.1) is 0 Å². The number of rotatable bonds is 5. The summed E-state index contributed by atoms with van der Waals surface area (Å²) >= 11 is 0. The van der Waals surface area contributed by atoms with Crippen LogP contribution in [-0.2, 0) is 4.79 Å². The van der Waals surface area contributed by atoms with Gasteiger partial charge >= 0.3 is 0 Å². The molecule has 0 aliphatic heterocycles. The summed E-state index contributed by atoms with van der Waals surface area (Å²) in [5.74, 6) is -0.930. The Kier molecular flexibility index (Phi) is 4.67. The van der Waals surface area contributed by atoms with Crippen molar-refractivity contribution >= 4 is 17.3 Å². The Balaban J connectivity index is 2.04. The molecule has 1 N–H and O–H groups in total. The first-order chi connectivity index (χ1) is 10.5. The van der Waals surface area contributed by atoms with Crippen molar-refractivity contribution in [3.63, 3.8) is 0 Å². The summed E-state index contributed by atoms with van der Waals surface area (Å²) < 4.78 is 18.8. The number of carbonyl (C=O) groups excluding carboxylic acids is 1. The molecule has 0 aromatic heterocycles. The predicted octanol–water partition coefficient (Wildman–Crippen LogP) is 3.14. The molecule has 0 bridgehead atoms. The van der Waals surface area contributed by atoms with E-state index in [0.29, 0.717) is 0 Å². The number of nitro groups is 1. The summed E-state index contributed by atoms with van der Waals surface area (Å²) in [6, 6.07) is 11.2. The van der Waals surface area contributed by atoms with Crippen LogP contribution < -0.4 is 10.1 Å². The maximum atomic E-state index is 13.5. The van der Waals surface area contributed by atoms with E-state index in [-0.39, 0.29) is 17.1 Å². The van der Waals surface area contributed by atoms with E-state index in [1.807, 2.05) is 0 Å². The zero-order valence-corrected chi connectivity index (χ0v) is 11.7. The molecule has 1 amide bonds. The second-order valence-electron chi connectivity index (χ2n) is 4.48. The van der Waals surface area contributed by atoms with Gasteiger partial charge in [-0.2, -0.15) is 0 Å². The van der Waals surface area contributed by atoms with Gasteiger partial charge < -0.3 is 10.1 Å². The number of benzene rings is 2.